The van der Waals surface area contributed by atoms with Crippen molar-refractivity contribution in [2.45, 2.75) is 26.8 Å². The van der Waals surface area contributed by atoms with E-state index in [9.17, 15) is 9.18 Å². The summed E-state index contributed by atoms with van der Waals surface area (Å²) in [6.07, 6.45) is 1.82. The molecule has 3 rings (SSSR count). The lowest BCUT2D eigenvalue weighted by Crippen LogP contribution is -2.23. The summed E-state index contributed by atoms with van der Waals surface area (Å²) < 4.78 is 15.1. The number of rotatable bonds is 3. The molecule has 1 amide bonds. The average Bonchev–Trinajstić information content (AvgIpc) is 2.93. The molecular weight excluding hydrogens is 291 g/mol. The highest BCUT2D eigenvalue weighted by atomic mass is 19.1. The molecule has 1 unspecified atom stereocenters. The average molecular weight is 310 g/mol. The first-order chi connectivity index (χ1) is 11.0. The van der Waals surface area contributed by atoms with E-state index >= 15 is 0 Å². The van der Waals surface area contributed by atoms with Gasteiger partial charge in [-0.05, 0) is 62.2 Å². The van der Waals surface area contributed by atoms with Gasteiger partial charge in [-0.25, -0.2) is 4.39 Å². The van der Waals surface area contributed by atoms with Crippen LogP contribution >= 0.6 is 0 Å². The number of hydrogen-bond donors (Lipinski definition) is 1. The molecule has 0 saturated carbocycles. The van der Waals surface area contributed by atoms with Crippen molar-refractivity contribution in [3.8, 4) is 0 Å². The topological polar surface area (TPSA) is 34.0 Å². The molecule has 1 N–H and O–H groups in total. The molecule has 0 fully saturated rings. The van der Waals surface area contributed by atoms with Gasteiger partial charge in [-0.2, -0.15) is 0 Å². The standard InChI is InChI=1S/C19H19FN2O/c1-12-4-5-13(2)17(10-12)21-19(23)14(3)22-9-8-15-11-16(20)6-7-18(15)22/h4-11,14H,1-3H3,(H,21,23). The second-order valence-corrected chi connectivity index (χ2v) is 5.91. The summed E-state index contributed by atoms with van der Waals surface area (Å²) in [6.45, 7) is 5.79. The van der Waals surface area contributed by atoms with Gasteiger partial charge in [-0.3, -0.25) is 4.79 Å². The lowest BCUT2D eigenvalue weighted by Gasteiger charge is -2.17. The third-order valence-electron chi connectivity index (χ3n) is 4.13. The van der Waals surface area contributed by atoms with Crippen molar-refractivity contribution >= 4 is 22.5 Å². The number of nitrogens with zero attached hydrogens (tertiary/aromatic N) is 1. The van der Waals surface area contributed by atoms with Gasteiger partial charge >= 0.3 is 0 Å². The Morgan fingerprint density at radius 3 is 2.70 bits per heavy atom. The van der Waals surface area contributed by atoms with E-state index in [0.717, 1.165) is 27.7 Å². The van der Waals surface area contributed by atoms with Crippen molar-refractivity contribution in [1.29, 1.82) is 0 Å². The molecule has 0 saturated heterocycles. The number of amides is 1. The second kappa shape index (κ2) is 5.88. The first-order valence-corrected chi connectivity index (χ1v) is 7.60. The predicted molar refractivity (Wildman–Crippen MR) is 91.2 cm³/mol. The van der Waals surface area contributed by atoms with E-state index in [1.807, 2.05) is 55.8 Å². The van der Waals surface area contributed by atoms with Crippen LogP contribution in [0.25, 0.3) is 10.9 Å². The minimum atomic E-state index is -0.391. The Morgan fingerprint density at radius 1 is 1.13 bits per heavy atom. The smallest absolute Gasteiger partial charge is 0.247 e. The van der Waals surface area contributed by atoms with E-state index in [1.165, 1.54) is 12.1 Å². The van der Waals surface area contributed by atoms with Crippen LogP contribution in [-0.4, -0.2) is 10.5 Å². The van der Waals surface area contributed by atoms with Gasteiger partial charge in [0.15, 0.2) is 0 Å². The number of benzene rings is 2. The van der Waals surface area contributed by atoms with Crippen molar-refractivity contribution < 1.29 is 9.18 Å². The third-order valence-corrected chi connectivity index (χ3v) is 4.13. The summed E-state index contributed by atoms with van der Waals surface area (Å²) in [5, 5.41) is 3.77. The highest BCUT2D eigenvalue weighted by molar-refractivity contribution is 5.95. The molecule has 23 heavy (non-hydrogen) atoms. The zero-order valence-corrected chi connectivity index (χ0v) is 13.4. The number of hydrogen-bond acceptors (Lipinski definition) is 1. The summed E-state index contributed by atoms with van der Waals surface area (Å²) in [4.78, 5) is 12.6. The number of carbonyl (C=O) groups is 1. The molecule has 0 aliphatic rings. The van der Waals surface area contributed by atoms with Crippen LogP contribution in [0.4, 0.5) is 10.1 Å². The Labute approximate surface area is 134 Å². The molecule has 1 heterocycles. The van der Waals surface area contributed by atoms with Gasteiger partial charge in [0.05, 0.1) is 0 Å². The summed E-state index contributed by atoms with van der Waals surface area (Å²) in [6, 6.07) is 12.0. The molecule has 3 aromatic rings. The largest absolute Gasteiger partial charge is 0.335 e. The van der Waals surface area contributed by atoms with Crippen molar-refractivity contribution in [1.82, 2.24) is 4.57 Å². The second-order valence-electron chi connectivity index (χ2n) is 5.91. The lowest BCUT2D eigenvalue weighted by molar-refractivity contribution is -0.118. The molecule has 0 bridgehead atoms. The van der Waals surface area contributed by atoms with Crippen LogP contribution in [0.1, 0.15) is 24.1 Å². The Morgan fingerprint density at radius 2 is 1.91 bits per heavy atom. The SMILES string of the molecule is Cc1ccc(C)c(NC(=O)C(C)n2ccc3cc(F)ccc32)c1. The van der Waals surface area contributed by atoms with Crippen LogP contribution in [0.15, 0.2) is 48.7 Å². The van der Waals surface area contributed by atoms with E-state index in [2.05, 4.69) is 5.32 Å². The van der Waals surface area contributed by atoms with Gasteiger partial charge in [-0.15, -0.1) is 0 Å². The summed E-state index contributed by atoms with van der Waals surface area (Å²) in [5.41, 5.74) is 3.79. The Hall–Kier alpha value is -2.62. The van der Waals surface area contributed by atoms with E-state index in [-0.39, 0.29) is 11.7 Å². The van der Waals surface area contributed by atoms with E-state index in [0.29, 0.717) is 0 Å². The van der Waals surface area contributed by atoms with Crippen LogP contribution in [0.5, 0.6) is 0 Å². The number of aryl methyl sites for hydroxylation is 2. The van der Waals surface area contributed by atoms with Crippen LogP contribution in [0.3, 0.4) is 0 Å². The van der Waals surface area contributed by atoms with E-state index in [1.54, 1.807) is 6.07 Å². The summed E-state index contributed by atoms with van der Waals surface area (Å²) >= 11 is 0. The van der Waals surface area contributed by atoms with Crippen LogP contribution in [0, 0.1) is 19.7 Å². The summed E-state index contributed by atoms with van der Waals surface area (Å²) in [5.74, 6) is -0.372. The van der Waals surface area contributed by atoms with E-state index in [4.69, 9.17) is 0 Å². The van der Waals surface area contributed by atoms with Crippen molar-refractivity contribution in [3.05, 3.63) is 65.6 Å². The van der Waals surface area contributed by atoms with Gasteiger partial charge in [0.25, 0.3) is 0 Å². The molecular formula is C19H19FN2O. The number of aromatic nitrogens is 1. The Bertz CT molecular complexity index is 882. The van der Waals surface area contributed by atoms with Crippen LogP contribution in [0.2, 0.25) is 0 Å². The number of anilines is 1. The number of nitrogens with one attached hydrogen (secondary N) is 1. The van der Waals surface area contributed by atoms with Gasteiger partial charge in [-0.1, -0.05) is 12.1 Å². The Kier molecular flexibility index (Phi) is 3.90. The molecule has 0 aliphatic carbocycles. The van der Waals surface area contributed by atoms with Gasteiger partial charge in [0.1, 0.15) is 11.9 Å². The third kappa shape index (κ3) is 2.97. The maximum absolute atomic E-state index is 13.3. The first kappa shape index (κ1) is 15.3. The normalized spacial score (nSPS) is 12.3. The molecule has 0 radical (unpaired) electrons. The van der Waals surface area contributed by atoms with Gasteiger partial charge in [0.2, 0.25) is 5.91 Å². The molecule has 2 aromatic carbocycles. The Balaban J connectivity index is 1.88. The molecule has 0 aliphatic heterocycles. The fourth-order valence-corrected chi connectivity index (χ4v) is 2.71. The predicted octanol–water partition coefficient (Wildman–Crippen LogP) is 4.60. The monoisotopic (exact) mass is 310 g/mol. The van der Waals surface area contributed by atoms with Crippen molar-refractivity contribution in [2.24, 2.45) is 0 Å². The summed E-state index contributed by atoms with van der Waals surface area (Å²) in [7, 11) is 0. The zero-order chi connectivity index (χ0) is 16.6. The molecule has 3 nitrogen and oxygen atoms in total. The maximum Gasteiger partial charge on any atom is 0.247 e. The van der Waals surface area contributed by atoms with Crippen LogP contribution in [-0.2, 0) is 4.79 Å². The number of fused-ring (bicyclic) bond motifs is 1. The highest BCUT2D eigenvalue weighted by Gasteiger charge is 2.17. The quantitative estimate of drug-likeness (QED) is 0.754. The van der Waals surface area contributed by atoms with Crippen molar-refractivity contribution in [3.63, 3.8) is 0 Å². The van der Waals surface area contributed by atoms with Crippen molar-refractivity contribution in [2.75, 3.05) is 5.32 Å². The van der Waals surface area contributed by atoms with Gasteiger partial charge in [0, 0.05) is 22.8 Å². The fraction of sp³-hybridized carbons (Fsp3) is 0.211. The minimum absolute atomic E-state index is 0.0967. The molecule has 0 spiro atoms. The zero-order valence-electron chi connectivity index (χ0n) is 13.4. The van der Waals surface area contributed by atoms with Crippen LogP contribution < -0.4 is 5.32 Å². The molecule has 1 atom stereocenters. The molecule has 1 aromatic heterocycles. The number of carbonyl (C=O) groups excluding carboxylic acids is 1. The lowest BCUT2D eigenvalue weighted by atomic mass is 10.1. The number of halogens is 1. The fourth-order valence-electron chi connectivity index (χ4n) is 2.71. The maximum atomic E-state index is 13.3. The first-order valence-electron chi connectivity index (χ1n) is 7.60. The minimum Gasteiger partial charge on any atom is -0.335 e. The molecule has 4 heteroatoms. The van der Waals surface area contributed by atoms with Gasteiger partial charge < -0.3 is 9.88 Å². The molecule has 118 valence electrons. The highest BCUT2D eigenvalue weighted by Crippen LogP contribution is 2.23. The van der Waals surface area contributed by atoms with E-state index < -0.39 is 6.04 Å².